The highest BCUT2D eigenvalue weighted by Crippen LogP contribution is 2.18. The Morgan fingerprint density at radius 1 is 1.04 bits per heavy atom. The maximum atomic E-state index is 13.1. The van der Waals surface area contributed by atoms with Gasteiger partial charge in [0.25, 0.3) is 5.91 Å². The van der Waals surface area contributed by atoms with E-state index in [9.17, 15) is 14.0 Å². The number of hydrogen-bond donors (Lipinski definition) is 0. The van der Waals surface area contributed by atoms with E-state index < -0.39 is 5.97 Å². The van der Waals surface area contributed by atoms with Gasteiger partial charge >= 0.3 is 5.97 Å². The van der Waals surface area contributed by atoms with Crippen LogP contribution in [0.15, 0.2) is 36.4 Å². The Morgan fingerprint density at radius 3 is 2.44 bits per heavy atom. The molecule has 0 spiro atoms. The van der Waals surface area contributed by atoms with Crippen LogP contribution < -0.4 is 4.90 Å². The van der Waals surface area contributed by atoms with Crippen LogP contribution in [0, 0.1) is 12.7 Å². The second kappa shape index (κ2) is 8.16. The molecule has 1 aromatic heterocycles. The topological polar surface area (TPSA) is 62.7 Å². The average Bonchev–Trinajstić information content (AvgIpc) is 2.93. The smallest absolute Gasteiger partial charge is 0.339 e. The largest absolute Gasteiger partial charge is 0.465 e. The average molecular weight is 371 g/mol. The zero-order valence-corrected chi connectivity index (χ0v) is 15.4. The van der Waals surface area contributed by atoms with Crippen molar-refractivity contribution in [3.05, 3.63) is 59.0 Å². The molecule has 1 aliphatic rings. The number of benzene rings is 1. The number of aryl methyl sites for hydroxylation is 1. The molecular formula is C20H22FN3O3. The van der Waals surface area contributed by atoms with E-state index in [4.69, 9.17) is 4.74 Å². The summed E-state index contributed by atoms with van der Waals surface area (Å²) in [6.07, 6.45) is 0.798. The Kier molecular flexibility index (Phi) is 5.69. The molecule has 1 amide bonds. The van der Waals surface area contributed by atoms with E-state index in [2.05, 4.69) is 9.88 Å². The summed E-state index contributed by atoms with van der Waals surface area (Å²) in [5, 5.41) is 0. The number of halogens is 1. The molecule has 0 aliphatic carbocycles. The highest BCUT2D eigenvalue weighted by molar-refractivity contribution is 5.94. The summed E-state index contributed by atoms with van der Waals surface area (Å²) in [6, 6.07) is 9.14. The van der Waals surface area contributed by atoms with Crippen molar-refractivity contribution in [2.45, 2.75) is 13.3 Å². The van der Waals surface area contributed by atoms with Gasteiger partial charge in [-0.2, -0.15) is 0 Å². The Hall–Kier alpha value is -2.96. The van der Waals surface area contributed by atoms with Crippen molar-refractivity contribution >= 4 is 17.7 Å². The molecule has 1 aromatic carbocycles. The molecule has 0 radical (unpaired) electrons. The Balaban J connectivity index is 1.69. The van der Waals surface area contributed by atoms with E-state index in [1.54, 1.807) is 24.0 Å². The first-order valence-electron chi connectivity index (χ1n) is 8.85. The molecule has 1 fully saturated rings. The number of carbonyl (C=O) groups excluding carboxylic acids is 2. The molecule has 27 heavy (non-hydrogen) atoms. The number of anilines is 1. The predicted molar refractivity (Wildman–Crippen MR) is 99.4 cm³/mol. The molecule has 2 aromatic rings. The van der Waals surface area contributed by atoms with E-state index in [-0.39, 0.29) is 11.7 Å². The maximum absolute atomic E-state index is 13.1. The van der Waals surface area contributed by atoms with Gasteiger partial charge in [-0.05, 0) is 49.7 Å². The van der Waals surface area contributed by atoms with Crippen molar-refractivity contribution in [3.63, 3.8) is 0 Å². The van der Waals surface area contributed by atoms with Crippen molar-refractivity contribution in [2.24, 2.45) is 0 Å². The normalized spacial score (nSPS) is 14.6. The summed E-state index contributed by atoms with van der Waals surface area (Å²) in [6.45, 7) is 4.35. The summed E-state index contributed by atoms with van der Waals surface area (Å²) in [5.41, 5.74) is 1.55. The van der Waals surface area contributed by atoms with Crippen LogP contribution >= 0.6 is 0 Å². The Morgan fingerprint density at radius 2 is 1.78 bits per heavy atom. The molecule has 2 heterocycles. The first-order valence-corrected chi connectivity index (χ1v) is 8.85. The number of hydrogen-bond acceptors (Lipinski definition) is 5. The molecule has 7 heteroatoms. The van der Waals surface area contributed by atoms with Crippen LogP contribution in [0.3, 0.4) is 0 Å². The molecule has 0 N–H and O–H groups in total. The van der Waals surface area contributed by atoms with Gasteiger partial charge in [-0.1, -0.05) is 0 Å². The van der Waals surface area contributed by atoms with E-state index >= 15 is 0 Å². The number of ether oxygens (including phenoxy) is 1. The van der Waals surface area contributed by atoms with E-state index in [0.29, 0.717) is 36.5 Å². The maximum Gasteiger partial charge on any atom is 0.339 e. The van der Waals surface area contributed by atoms with Crippen LogP contribution in [0.2, 0.25) is 0 Å². The van der Waals surface area contributed by atoms with Gasteiger partial charge in [0, 0.05) is 31.7 Å². The van der Waals surface area contributed by atoms with Crippen LogP contribution in [-0.4, -0.2) is 55.0 Å². The Bertz CT molecular complexity index is 839. The third kappa shape index (κ3) is 4.24. The number of carbonyl (C=O) groups is 2. The summed E-state index contributed by atoms with van der Waals surface area (Å²) >= 11 is 0. The lowest BCUT2D eigenvalue weighted by molar-refractivity contribution is 0.0599. The third-order valence-corrected chi connectivity index (χ3v) is 4.67. The number of nitrogens with zero attached hydrogens (tertiary/aromatic N) is 3. The summed E-state index contributed by atoms with van der Waals surface area (Å²) < 4.78 is 17.8. The first kappa shape index (κ1) is 18.8. The Labute approximate surface area is 157 Å². The summed E-state index contributed by atoms with van der Waals surface area (Å²) in [5.74, 6) is -0.0813. The number of rotatable bonds is 3. The van der Waals surface area contributed by atoms with E-state index in [0.717, 1.165) is 18.8 Å². The molecule has 1 aliphatic heterocycles. The minimum atomic E-state index is -0.404. The second-order valence-electron chi connectivity index (χ2n) is 6.43. The van der Waals surface area contributed by atoms with E-state index in [1.165, 1.54) is 31.4 Å². The van der Waals surface area contributed by atoms with Crippen molar-refractivity contribution in [1.29, 1.82) is 0 Å². The molecule has 0 saturated carbocycles. The van der Waals surface area contributed by atoms with Gasteiger partial charge in [-0.15, -0.1) is 0 Å². The van der Waals surface area contributed by atoms with Gasteiger partial charge in [0.05, 0.1) is 18.4 Å². The van der Waals surface area contributed by atoms with Gasteiger partial charge in [-0.3, -0.25) is 4.79 Å². The van der Waals surface area contributed by atoms with Gasteiger partial charge in [-0.25, -0.2) is 14.2 Å². The molecular weight excluding hydrogens is 349 g/mol. The van der Waals surface area contributed by atoms with Crippen LogP contribution in [0.5, 0.6) is 0 Å². The monoisotopic (exact) mass is 371 g/mol. The van der Waals surface area contributed by atoms with Crippen molar-refractivity contribution in [2.75, 3.05) is 38.2 Å². The van der Waals surface area contributed by atoms with Gasteiger partial charge in [0.2, 0.25) is 0 Å². The van der Waals surface area contributed by atoms with Gasteiger partial charge in [0.15, 0.2) is 0 Å². The van der Waals surface area contributed by atoms with Crippen LogP contribution in [0.25, 0.3) is 0 Å². The van der Waals surface area contributed by atoms with Crippen LogP contribution in [-0.2, 0) is 4.74 Å². The zero-order chi connectivity index (χ0) is 19.4. The molecule has 142 valence electrons. The fraction of sp³-hybridized carbons (Fsp3) is 0.350. The highest BCUT2D eigenvalue weighted by Gasteiger charge is 2.22. The molecule has 0 unspecified atom stereocenters. The number of amides is 1. The lowest BCUT2D eigenvalue weighted by atomic mass is 10.2. The minimum absolute atomic E-state index is 0.0953. The number of aromatic nitrogens is 1. The van der Waals surface area contributed by atoms with Crippen molar-refractivity contribution in [1.82, 2.24) is 9.88 Å². The summed E-state index contributed by atoms with van der Waals surface area (Å²) in [7, 11) is 1.34. The number of pyridine rings is 1. The first-order chi connectivity index (χ1) is 13.0. The molecule has 6 nitrogen and oxygen atoms in total. The fourth-order valence-corrected chi connectivity index (χ4v) is 3.17. The van der Waals surface area contributed by atoms with E-state index in [1.807, 2.05) is 0 Å². The molecule has 0 atom stereocenters. The quantitative estimate of drug-likeness (QED) is 0.777. The van der Waals surface area contributed by atoms with Crippen molar-refractivity contribution in [3.8, 4) is 0 Å². The van der Waals surface area contributed by atoms with Crippen molar-refractivity contribution < 1.29 is 18.7 Å². The molecule has 1 saturated heterocycles. The second-order valence-corrected chi connectivity index (χ2v) is 6.43. The fourth-order valence-electron chi connectivity index (χ4n) is 3.17. The predicted octanol–water partition coefficient (Wildman–Crippen LogP) is 2.67. The van der Waals surface area contributed by atoms with Crippen LogP contribution in [0.1, 0.15) is 32.8 Å². The van der Waals surface area contributed by atoms with Crippen LogP contribution in [0.4, 0.5) is 10.2 Å². The minimum Gasteiger partial charge on any atom is -0.465 e. The summed E-state index contributed by atoms with van der Waals surface area (Å²) in [4.78, 5) is 32.7. The molecule has 0 bridgehead atoms. The zero-order valence-electron chi connectivity index (χ0n) is 15.4. The standard InChI is InChI=1S/C20H22FN3O3/c1-14-17(20(26)27-2)8-9-18(22-14)23-10-3-11-24(13-12-23)19(25)15-4-6-16(21)7-5-15/h4-9H,3,10-13H2,1-2H3. The number of esters is 1. The SMILES string of the molecule is COC(=O)c1ccc(N2CCCN(C(=O)c3ccc(F)cc3)CC2)nc1C. The number of methoxy groups -OCH3 is 1. The lowest BCUT2D eigenvalue weighted by Gasteiger charge is -2.23. The molecule has 3 rings (SSSR count). The van der Waals surface area contributed by atoms with Gasteiger partial charge < -0.3 is 14.5 Å². The van der Waals surface area contributed by atoms with Gasteiger partial charge in [0.1, 0.15) is 11.6 Å². The lowest BCUT2D eigenvalue weighted by Crippen LogP contribution is -2.35. The third-order valence-electron chi connectivity index (χ3n) is 4.67. The highest BCUT2D eigenvalue weighted by atomic mass is 19.1.